The van der Waals surface area contributed by atoms with Gasteiger partial charge in [0.25, 0.3) is 0 Å². The zero-order chi connectivity index (χ0) is 15.5. The summed E-state index contributed by atoms with van der Waals surface area (Å²) in [6.07, 6.45) is -4.59. The zero-order valence-electron chi connectivity index (χ0n) is 11.3. The topological polar surface area (TPSA) is 39.1 Å². The van der Waals surface area contributed by atoms with E-state index in [0.29, 0.717) is 18.7 Å². The minimum atomic E-state index is -4.71. The third-order valence-electron chi connectivity index (χ3n) is 3.56. The Kier molecular flexibility index (Phi) is 4.80. The molecule has 0 aromatic heterocycles. The highest BCUT2D eigenvalue weighted by Crippen LogP contribution is 2.34. The lowest BCUT2D eigenvalue weighted by Gasteiger charge is -2.34. The molecule has 1 aromatic rings. The molecule has 114 valence electrons. The smallest absolute Gasteiger partial charge is 0.314 e. The van der Waals surface area contributed by atoms with E-state index in [0.717, 1.165) is 25.2 Å². The molecule has 0 aliphatic carbocycles. The average molecular weight is 301 g/mol. The van der Waals surface area contributed by atoms with Crippen molar-refractivity contribution < 1.29 is 17.6 Å². The quantitative estimate of drug-likeness (QED) is 0.873. The second-order valence-electron chi connectivity index (χ2n) is 4.90. The van der Waals surface area contributed by atoms with Gasteiger partial charge >= 0.3 is 6.18 Å². The number of nitriles is 1. The van der Waals surface area contributed by atoms with E-state index in [1.807, 2.05) is 11.0 Å². The molecular weight excluding hydrogens is 286 g/mol. The van der Waals surface area contributed by atoms with E-state index in [1.165, 1.54) is 6.07 Å². The summed E-state index contributed by atoms with van der Waals surface area (Å²) in [5, 5.41) is 12.1. The Morgan fingerprint density at radius 3 is 2.48 bits per heavy atom. The monoisotopic (exact) mass is 301 g/mol. The van der Waals surface area contributed by atoms with Crippen molar-refractivity contribution in [1.29, 1.82) is 5.26 Å². The predicted molar refractivity (Wildman–Crippen MR) is 68.8 cm³/mol. The molecule has 1 heterocycles. The highest BCUT2D eigenvalue weighted by atomic mass is 19.4. The van der Waals surface area contributed by atoms with Gasteiger partial charge in [0.1, 0.15) is 5.82 Å². The first kappa shape index (κ1) is 15.7. The van der Waals surface area contributed by atoms with Crippen LogP contribution in [0.2, 0.25) is 0 Å². The van der Waals surface area contributed by atoms with Crippen LogP contribution in [-0.4, -0.2) is 31.1 Å². The van der Waals surface area contributed by atoms with Crippen molar-refractivity contribution in [1.82, 2.24) is 10.2 Å². The normalized spacial score (nSPS) is 18.2. The molecule has 3 nitrogen and oxygen atoms in total. The number of alkyl halides is 3. The number of rotatable bonds is 3. The van der Waals surface area contributed by atoms with Crippen LogP contribution in [0.4, 0.5) is 17.6 Å². The summed E-state index contributed by atoms with van der Waals surface area (Å²) in [5.41, 5.74) is -0.869. The maximum Gasteiger partial charge on any atom is 0.419 e. The molecule has 7 heteroatoms. The summed E-state index contributed by atoms with van der Waals surface area (Å²) >= 11 is 0. The molecular formula is C14H15F4N3. The molecule has 0 unspecified atom stereocenters. The van der Waals surface area contributed by atoms with E-state index in [4.69, 9.17) is 5.26 Å². The van der Waals surface area contributed by atoms with Crippen molar-refractivity contribution in [2.45, 2.75) is 18.6 Å². The number of piperazine rings is 1. The number of benzene rings is 1. The van der Waals surface area contributed by atoms with Crippen LogP contribution >= 0.6 is 0 Å². The van der Waals surface area contributed by atoms with E-state index < -0.39 is 17.6 Å². The first-order valence-electron chi connectivity index (χ1n) is 6.62. The minimum absolute atomic E-state index is 0.116. The third-order valence-corrected chi connectivity index (χ3v) is 3.56. The first-order chi connectivity index (χ1) is 9.93. The maximum absolute atomic E-state index is 13.7. The molecule has 1 aromatic carbocycles. The molecule has 0 spiro atoms. The van der Waals surface area contributed by atoms with Gasteiger partial charge < -0.3 is 5.32 Å². The van der Waals surface area contributed by atoms with Gasteiger partial charge in [-0.3, -0.25) is 4.90 Å². The van der Waals surface area contributed by atoms with Crippen molar-refractivity contribution >= 4 is 0 Å². The summed E-state index contributed by atoms with van der Waals surface area (Å²) in [6, 6.07) is 4.54. The Balaban J connectivity index is 2.28. The number of hydrogen-bond acceptors (Lipinski definition) is 3. The van der Waals surface area contributed by atoms with Crippen molar-refractivity contribution in [3.05, 3.63) is 35.1 Å². The minimum Gasteiger partial charge on any atom is -0.314 e. The van der Waals surface area contributed by atoms with Crippen LogP contribution < -0.4 is 5.32 Å². The fraction of sp³-hybridized carbons (Fsp3) is 0.500. The van der Waals surface area contributed by atoms with E-state index in [1.54, 1.807) is 0 Å². The van der Waals surface area contributed by atoms with Gasteiger partial charge in [-0.15, -0.1) is 0 Å². The molecule has 0 saturated carbocycles. The Morgan fingerprint density at radius 1 is 1.29 bits per heavy atom. The molecule has 0 bridgehead atoms. The molecule has 1 saturated heterocycles. The van der Waals surface area contributed by atoms with Gasteiger partial charge in [-0.2, -0.15) is 18.4 Å². The average Bonchev–Trinajstić information content (AvgIpc) is 2.44. The number of nitrogens with zero attached hydrogens (tertiary/aromatic N) is 2. The largest absolute Gasteiger partial charge is 0.419 e. The fourth-order valence-electron chi connectivity index (χ4n) is 2.51. The first-order valence-corrected chi connectivity index (χ1v) is 6.62. The molecule has 1 aliphatic heterocycles. The van der Waals surface area contributed by atoms with Gasteiger partial charge in [0.2, 0.25) is 0 Å². The molecule has 1 fully saturated rings. The zero-order valence-corrected chi connectivity index (χ0v) is 11.3. The summed E-state index contributed by atoms with van der Waals surface area (Å²) in [4.78, 5) is 1.99. The molecule has 1 atom stereocenters. The van der Waals surface area contributed by atoms with Gasteiger partial charge in [-0.05, 0) is 17.7 Å². The molecule has 0 radical (unpaired) electrons. The lowest BCUT2D eigenvalue weighted by molar-refractivity contribution is -0.140. The lowest BCUT2D eigenvalue weighted by Crippen LogP contribution is -2.45. The van der Waals surface area contributed by atoms with Gasteiger partial charge in [0.05, 0.1) is 18.1 Å². The van der Waals surface area contributed by atoms with Gasteiger partial charge in [0, 0.05) is 32.2 Å². The molecule has 0 amide bonds. The summed E-state index contributed by atoms with van der Waals surface area (Å²) in [5.74, 6) is -1.29. The number of hydrogen-bond donors (Lipinski definition) is 1. The van der Waals surface area contributed by atoms with Crippen molar-refractivity contribution in [2.75, 3.05) is 26.2 Å². The van der Waals surface area contributed by atoms with Crippen molar-refractivity contribution in [2.24, 2.45) is 0 Å². The predicted octanol–water partition coefficient (Wildman–Crippen LogP) is 2.70. The fourth-order valence-corrected chi connectivity index (χ4v) is 2.51. The summed E-state index contributed by atoms with van der Waals surface area (Å²) in [7, 11) is 0. The SMILES string of the molecule is N#CC[C@@H](c1ccc(C(F)(F)F)c(F)c1)N1CCNCC1. The van der Waals surface area contributed by atoms with Gasteiger partial charge in [-0.25, -0.2) is 4.39 Å². The second-order valence-corrected chi connectivity index (χ2v) is 4.90. The van der Waals surface area contributed by atoms with E-state index >= 15 is 0 Å². The van der Waals surface area contributed by atoms with Crippen LogP contribution in [0.3, 0.4) is 0 Å². The third kappa shape index (κ3) is 3.71. The Hall–Kier alpha value is -1.65. The van der Waals surface area contributed by atoms with Gasteiger partial charge in [0.15, 0.2) is 0 Å². The van der Waals surface area contributed by atoms with Crippen LogP contribution in [0.5, 0.6) is 0 Å². The van der Waals surface area contributed by atoms with Crippen LogP contribution in [0, 0.1) is 17.1 Å². The summed E-state index contributed by atoms with van der Waals surface area (Å²) < 4.78 is 51.4. The van der Waals surface area contributed by atoms with Crippen molar-refractivity contribution in [3.8, 4) is 6.07 Å². The second kappa shape index (κ2) is 6.41. The molecule has 2 rings (SSSR count). The van der Waals surface area contributed by atoms with Crippen LogP contribution in [0.25, 0.3) is 0 Å². The maximum atomic E-state index is 13.7. The van der Waals surface area contributed by atoms with Crippen LogP contribution in [0.15, 0.2) is 18.2 Å². The van der Waals surface area contributed by atoms with E-state index in [2.05, 4.69) is 5.32 Å². The number of nitrogens with one attached hydrogen (secondary N) is 1. The lowest BCUT2D eigenvalue weighted by atomic mass is 9.99. The van der Waals surface area contributed by atoms with Crippen LogP contribution in [-0.2, 0) is 6.18 Å². The Bertz CT molecular complexity index is 530. The molecule has 1 aliphatic rings. The standard InChI is InChI=1S/C14H15F4N3/c15-12-9-10(1-2-11(12)14(16,17)18)13(3-4-19)21-7-5-20-6-8-21/h1-2,9,13,20H,3,5-8H2/t13-/m0/s1. The van der Waals surface area contributed by atoms with Crippen LogP contribution in [0.1, 0.15) is 23.6 Å². The van der Waals surface area contributed by atoms with E-state index in [-0.39, 0.29) is 12.5 Å². The molecule has 1 N–H and O–H groups in total. The Labute approximate surface area is 120 Å². The highest BCUT2D eigenvalue weighted by Gasteiger charge is 2.34. The Morgan fingerprint density at radius 2 is 1.95 bits per heavy atom. The highest BCUT2D eigenvalue weighted by molar-refractivity contribution is 5.29. The molecule has 21 heavy (non-hydrogen) atoms. The van der Waals surface area contributed by atoms with Gasteiger partial charge in [-0.1, -0.05) is 6.07 Å². The van der Waals surface area contributed by atoms with E-state index in [9.17, 15) is 17.6 Å². The van der Waals surface area contributed by atoms with Crippen molar-refractivity contribution in [3.63, 3.8) is 0 Å². The number of halogens is 4. The summed E-state index contributed by atoms with van der Waals surface area (Å²) in [6.45, 7) is 2.83.